The van der Waals surface area contributed by atoms with E-state index in [9.17, 15) is 5.11 Å². The summed E-state index contributed by atoms with van der Waals surface area (Å²) in [7, 11) is 0. The molecular weight excluding hydrogens is 188 g/mol. The van der Waals surface area contributed by atoms with Crippen LogP contribution in [0.15, 0.2) is 12.2 Å². The molecule has 86 valence electrons. The van der Waals surface area contributed by atoms with Crippen molar-refractivity contribution in [3.8, 4) is 0 Å². The zero-order chi connectivity index (χ0) is 11.5. The van der Waals surface area contributed by atoms with Gasteiger partial charge in [-0.1, -0.05) is 32.9 Å². The van der Waals surface area contributed by atoms with E-state index in [1.54, 1.807) is 0 Å². The van der Waals surface area contributed by atoms with Crippen LogP contribution in [-0.4, -0.2) is 21.9 Å². The van der Waals surface area contributed by atoms with E-state index >= 15 is 0 Å². The number of hydrogen-bond donors (Lipinski definition) is 1. The summed E-state index contributed by atoms with van der Waals surface area (Å²) in [4.78, 5) is 0. The number of hydrogen-bond acceptors (Lipinski definition) is 2. The highest BCUT2D eigenvalue weighted by Gasteiger charge is 2.61. The molecule has 0 radical (unpaired) electrons. The van der Waals surface area contributed by atoms with Crippen LogP contribution in [0.3, 0.4) is 0 Å². The molecule has 0 aromatic rings. The van der Waals surface area contributed by atoms with Crippen LogP contribution < -0.4 is 0 Å². The summed E-state index contributed by atoms with van der Waals surface area (Å²) in [6, 6.07) is 0. The van der Waals surface area contributed by atoms with Gasteiger partial charge in [-0.05, 0) is 20.3 Å². The van der Waals surface area contributed by atoms with Gasteiger partial charge in [-0.3, -0.25) is 0 Å². The number of aliphatic hydroxyl groups is 1. The van der Waals surface area contributed by atoms with Crippen LogP contribution in [0.1, 0.15) is 41.0 Å². The maximum Gasteiger partial charge on any atom is 0.0900 e. The molecule has 0 aromatic carbocycles. The lowest BCUT2D eigenvalue weighted by molar-refractivity contribution is -0.252. The van der Waals surface area contributed by atoms with Gasteiger partial charge in [0.15, 0.2) is 0 Å². The SMILES string of the molecule is CC[C@]1(O)[C@@H](C)[C@@]2(C)C=C[C@](C)(O2)[C@H]1C. The summed E-state index contributed by atoms with van der Waals surface area (Å²) >= 11 is 0. The molecule has 0 aliphatic carbocycles. The third kappa shape index (κ3) is 1.18. The van der Waals surface area contributed by atoms with Crippen LogP contribution in [0.4, 0.5) is 0 Å². The van der Waals surface area contributed by atoms with Crippen molar-refractivity contribution < 1.29 is 9.84 Å². The Morgan fingerprint density at radius 3 is 1.87 bits per heavy atom. The first-order valence-electron chi connectivity index (χ1n) is 5.91. The Kier molecular flexibility index (Phi) is 2.13. The molecule has 1 saturated heterocycles. The average molecular weight is 210 g/mol. The second-order valence-corrected chi connectivity index (χ2v) is 5.59. The van der Waals surface area contributed by atoms with Gasteiger partial charge in [-0.2, -0.15) is 0 Å². The van der Waals surface area contributed by atoms with Gasteiger partial charge in [-0.15, -0.1) is 0 Å². The summed E-state index contributed by atoms with van der Waals surface area (Å²) in [6.45, 7) is 10.4. The molecule has 2 bridgehead atoms. The van der Waals surface area contributed by atoms with Crippen molar-refractivity contribution in [1.29, 1.82) is 0 Å². The number of fused-ring (bicyclic) bond motifs is 2. The predicted molar refractivity (Wildman–Crippen MR) is 60.6 cm³/mol. The minimum Gasteiger partial charge on any atom is -0.389 e. The Balaban J connectivity index is 2.48. The Morgan fingerprint density at radius 1 is 1.13 bits per heavy atom. The highest BCUT2D eigenvalue weighted by Crippen LogP contribution is 2.54. The van der Waals surface area contributed by atoms with Crippen LogP contribution in [0.5, 0.6) is 0 Å². The van der Waals surface area contributed by atoms with E-state index in [1.165, 1.54) is 0 Å². The second kappa shape index (κ2) is 2.86. The molecule has 2 heteroatoms. The van der Waals surface area contributed by atoms with Crippen LogP contribution in [0.25, 0.3) is 0 Å². The topological polar surface area (TPSA) is 29.5 Å². The Bertz CT molecular complexity index is 286. The first-order chi connectivity index (χ1) is 6.78. The molecule has 0 unspecified atom stereocenters. The first-order valence-corrected chi connectivity index (χ1v) is 5.91. The summed E-state index contributed by atoms with van der Waals surface area (Å²) in [5.74, 6) is 0.272. The Hall–Kier alpha value is -0.340. The van der Waals surface area contributed by atoms with Crippen LogP contribution in [0.2, 0.25) is 0 Å². The van der Waals surface area contributed by atoms with Crippen LogP contribution >= 0.6 is 0 Å². The molecule has 0 aromatic heterocycles. The zero-order valence-electron chi connectivity index (χ0n) is 10.4. The van der Waals surface area contributed by atoms with E-state index < -0.39 is 5.60 Å². The monoisotopic (exact) mass is 210 g/mol. The van der Waals surface area contributed by atoms with Gasteiger partial charge < -0.3 is 9.84 Å². The second-order valence-electron chi connectivity index (χ2n) is 5.59. The van der Waals surface area contributed by atoms with Crippen molar-refractivity contribution in [2.24, 2.45) is 11.8 Å². The molecule has 1 N–H and O–H groups in total. The molecule has 2 nitrogen and oxygen atoms in total. The fourth-order valence-electron chi connectivity index (χ4n) is 3.32. The summed E-state index contributed by atoms with van der Waals surface area (Å²) < 4.78 is 6.12. The van der Waals surface area contributed by atoms with Gasteiger partial charge in [0.05, 0.1) is 16.8 Å². The van der Waals surface area contributed by atoms with Gasteiger partial charge in [0.25, 0.3) is 0 Å². The van der Waals surface area contributed by atoms with E-state index in [2.05, 4.69) is 46.8 Å². The molecule has 0 amide bonds. The van der Waals surface area contributed by atoms with Gasteiger partial charge in [0.2, 0.25) is 0 Å². The molecule has 0 spiro atoms. The molecule has 15 heavy (non-hydrogen) atoms. The molecule has 5 atom stereocenters. The van der Waals surface area contributed by atoms with E-state index in [4.69, 9.17) is 4.74 Å². The van der Waals surface area contributed by atoms with E-state index in [-0.39, 0.29) is 23.0 Å². The first kappa shape index (κ1) is 11.2. The third-order valence-corrected chi connectivity index (χ3v) is 4.97. The summed E-state index contributed by atoms with van der Waals surface area (Å²) in [6.07, 6.45) is 5.04. The number of ether oxygens (including phenoxy) is 1. The van der Waals surface area contributed by atoms with E-state index in [0.717, 1.165) is 6.42 Å². The van der Waals surface area contributed by atoms with Crippen molar-refractivity contribution in [1.82, 2.24) is 0 Å². The van der Waals surface area contributed by atoms with Gasteiger partial charge >= 0.3 is 0 Å². The summed E-state index contributed by atoms with van der Waals surface area (Å²) in [5, 5.41) is 10.8. The van der Waals surface area contributed by atoms with Crippen molar-refractivity contribution in [3.63, 3.8) is 0 Å². The highest BCUT2D eigenvalue weighted by atomic mass is 16.5. The molecule has 0 saturated carbocycles. The largest absolute Gasteiger partial charge is 0.389 e. The molecule has 1 fully saturated rings. The van der Waals surface area contributed by atoms with Gasteiger partial charge in [0, 0.05) is 11.8 Å². The lowest BCUT2D eigenvalue weighted by Crippen LogP contribution is -2.63. The van der Waals surface area contributed by atoms with Crippen molar-refractivity contribution in [2.45, 2.75) is 57.8 Å². The highest BCUT2D eigenvalue weighted by molar-refractivity contribution is 5.26. The van der Waals surface area contributed by atoms with Crippen molar-refractivity contribution >= 4 is 0 Å². The normalized spacial score (nSPS) is 58.5. The lowest BCUT2D eigenvalue weighted by Gasteiger charge is -2.55. The molecule has 2 aliphatic rings. The van der Waals surface area contributed by atoms with Crippen LogP contribution in [-0.2, 0) is 4.74 Å². The standard InChI is InChI=1S/C13H22O2/c1-6-13(14)9(2)11(4)7-8-12(5,15-11)10(13)3/h7-10,14H,6H2,1-5H3/t9-,10+,11+,12-,13-. The lowest BCUT2D eigenvalue weighted by atomic mass is 9.64. The van der Waals surface area contributed by atoms with E-state index in [0.29, 0.717) is 0 Å². The van der Waals surface area contributed by atoms with Crippen LogP contribution in [0, 0.1) is 11.8 Å². The summed E-state index contributed by atoms with van der Waals surface area (Å²) in [5.41, 5.74) is -1.22. The molecule has 2 aliphatic heterocycles. The Morgan fingerprint density at radius 2 is 1.53 bits per heavy atom. The fraction of sp³-hybridized carbons (Fsp3) is 0.846. The number of rotatable bonds is 1. The average Bonchev–Trinajstić information content (AvgIpc) is 2.51. The molecular formula is C13H22O2. The molecule has 2 heterocycles. The fourth-order valence-corrected chi connectivity index (χ4v) is 3.32. The zero-order valence-corrected chi connectivity index (χ0v) is 10.4. The minimum absolute atomic E-state index is 0.136. The quantitative estimate of drug-likeness (QED) is 0.674. The van der Waals surface area contributed by atoms with Gasteiger partial charge in [0.1, 0.15) is 0 Å². The third-order valence-electron chi connectivity index (χ3n) is 4.97. The maximum atomic E-state index is 10.8. The van der Waals surface area contributed by atoms with Gasteiger partial charge in [-0.25, -0.2) is 0 Å². The smallest absolute Gasteiger partial charge is 0.0900 e. The predicted octanol–water partition coefficient (Wildman–Crippen LogP) is 2.52. The molecule has 2 rings (SSSR count). The minimum atomic E-state index is -0.620. The maximum absolute atomic E-state index is 10.8. The Labute approximate surface area is 92.3 Å². The van der Waals surface area contributed by atoms with E-state index in [1.807, 2.05) is 0 Å². The van der Waals surface area contributed by atoms with Crippen molar-refractivity contribution in [3.05, 3.63) is 12.2 Å². The van der Waals surface area contributed by atoms with Crippen molar-refractivity contribution in [2.75, 3.05) is 0 Å².